The van der Waals surface area contributed by atoms with Crippen molar-refractivity contribution in [1.29, 1.82) is 0 Å². The molecule has 0 saturated heterocycles. The van der Waals surface area contributed by atoms with E-state index in [2.05, 4.69) is 229 Å². The lowest BCUT2D eigenvalue weighted by atomic mass is 9.96. The second-order valence-electron chi connectivity index (χ2n) is 16.0. The topological polar surface area (TPSA) is 3.24 Å². The van der Waals surface area contributed by atoms with Gasteiger partial charge in [-0.05, 0) is 109 Å². The number of hydrogen-bond acceptors (Lipinski definition) is 3. The van der Waals surface area contributed by atoms with E-state index in [0.29, 0.717) is 6.54 Å². The van der Waals surface area contributed by atoms with Gasteiger partial charge in [0.05, 0.1) is 0 Å². The Morgan fingerprint density at radius 2 is 0.790 bits per heavy atom. The summed E-state index contributed by atoms with van der Waals surface area (Å²) >= 11 is 3.78. The molecular weight excluding hydrogens is 787 g/mol. The zero-order valence-electron chi connectivity index (χ0n) is 33.8. The van der Waals surface area contributed by atoms with Gasteiger partial charge in [-0.15, -0.1) is 22.7 Å². The largest absolute Gasteiger partial charge is 0.337 e. The van der Waals surface area contributed by atoms with Crippen molar-refractivity contribution < 1.29 is 0 Å². The molecule has 0 atom stereocenters. The Balaban J connectivity index is 0.982. The fraction of sp³-hybridized carbons (Fsp3) is 0.0169. The van der Waals surface area contributed by atoms with Crippen molar-refractivity contribution in [2.45, 2.75) is 6.54 Å². The average Bonchev–Trinajstić information content (AvgIpc) is 3.92. The van der Waals surface area contributed by atoms with Crippen molar-refractivity contribution in [2.75, 3.05) is 4.90 Å². The van der Waals surface area contributed by atoms with E-state index in [9.17, 15) is 0 Å². The fourth-order valence-electron chi connectivity index (χ4n) is 9.30. The monoisotopic (exact) mass is 825 g/mol. The van der Waals surface area contributed by atoms with E-state index in [1.165, 1.54) is 101 Å². The lowest BCUT2D eigenvalue weighted by molar-refractivity contribution is 0.978. The van der Waals surface area contributed by atoms with Gasteiger partial charge in [-0.2, -0.15) is 0 Å². The molecule has 0 aliphatic carbocycles. The number of benzene rings is 10. The quantitative estimate of drug-likeness (QED) is 0.148. The second kappa shape index (κ2) is 15.3. The molecule has 0 aliphatic rings. The molecule has 0 bridgehead atoms. The van der Waals surface area contributed by atoms with E-state index in [1.54, 1.807) is 0 Å². The lowest BCUT2D eigenvalue weighted by Gasteiger charge is -2.28. The predicted octanol–water partition coefficient (Wildman–Crippen LogP) is 17.6. The molecule has 1 nitrogen and oxygen atoms in total. The minimum absolute atomic E-state index is 0.691. The molecule has 10 aromatic carbocycles. The summed E-state index contributed by atoms with van der Waals surface area (Å²) < 4.78 is 5.31. The van der Waals surface area contributed by atoms with Crippen LogP contribution in [-0.2, 0) is 6.54 Å². The maximum atomic E-state index is 2.50. The summed E-state index contributed by atoms with van der Waals surface area (Å²) in [5.41, 5.74) is 13.4. The van der Waals surface area contributed by atoms with E-state index in [1.807, 2.05) is 22.7 Å². The first kappa shape index (κ1) is 36.5. The number of nitrogens with zero attached hydrogens (tertiary/aromatic N) is 1. The van der Waals surface area contributed by atoms with Crippen LogP contribution in [0.25, 0.3) is 95.6 Å². The lowest BCUT2D eigenvalue weighted by Crippen LogP contribution is -2.17. The number of rotatable bonds is 8. The van der Waals surface area contributed by atoms with Crippen molar-refractivity contribution in [3.05, 3.63) is 230 Å². The molecule has 62 heavy (non-hydrogen) atoms. The van der Waals surface area contributed by atoms with Gasteiger partial charge in [0, 0.05) is 58.3 Å². The molecule has 12 rings (SSSR count). The molecule has 0 amide bonds. The molecular formula is C59H39NS2. The Morgan fingerprint density at radius 1 is 0.306 bits per heavy atom. The molecule has 0 fully saturated rings. The zero-order chi connectivity index (χ0) is 41.0. The molecule has 0 unspecified atom stereocenters. The van der Waals surface area contributed by atoms with Gasteiger partial charge in [0.25, 0.3) is 0 Å². The minimum atomic E-state index is 0.691. The smallest absolute Gasteiger partial charge is 0.0487 e. The predicted molar refractivity (Wildman–Crippen MR) is 270 cm³/mol. The summed E-state index contributed by atoms with van der Waals surface area (Å²) in [6, 6.07) is 82.7. The maximum absolute atomic E-state index is 2.50. The zero-order valence-corrected chi connectivity index (χ0v) is 35.5. The molecule has 2 heterocycles. The first-order chi connectivity index (χ1) is 30.7. The maximum Gasteiger partial charge on any atom is 0.0487 e. The summed E-state index contributed by atoms with van der Waals surface area (Å²) in [6.07, 6.45) is 0. The van der Waals surface area contributed by atoms with Gasteiger partial charge in [0.15, 0.2) is 0 Å². The van der Waals surface area contributed by atoms with Crippen molar-refractivity contribution in [2.24, 2.45) is 0 Å². The van der Waals surface area contributed by atoms with Gasteiger partial charge in [-0.1, -0.05) is 176 Å². The molecule has 2 aromatic heterocycles. The summed E-state index contributed by atoms with van der Waals surface area (Å²) in [5, 5.41) is 7.78. The van der Waals surface area contributed by atoms with Crippen LogP contribution >= 0.6 is 22.7 Å². The Labute approximate surface area is 369 Å². The minimum Gasteiger partial charge on any atom is -0.337 e. The first-order valence-electron chi connectivity index (χ1n) is 21.2. The molecule has 292 valence electrons. The van der Waals surface area contributed by atoms with E-state index >= 15 is 0 Å². The number of thiophene rings is 2. The standard InChI is InChI=1S/C59H39NS2/c1-2-15-40-34-44(33-32-39(40)14-1)43-19-11-22-48(37-43)60(38-46-16-3-4-23-49(46)53-27-13-29-55-52-25-6-8-31-57(52)62-59(53)55)47-21-10-18-42(36-47)41-17-9-20-45(35-41)50-26-12-28-54-51-24-5-7-30-56(51)61-58(50)54/h1-37H,38H2. The van der Waals surface area contributed by atoms with Crippen molar-refractivity contribution >= 4 is 85.2 Å². The molecule has 3 heteroatoms. The van der Waals surface area contributed by atoms with Crippen LogP contribution < -0.4 is 4.90 Å². The Kier molecular flexibility index (Phi) is 9.02. The van der Waals surface area contributed by atoms with Crippen LogP contribution in [-0.4, -0.2) is 0 Å². The van der Waals surface area contributed by atoms with E-state index in [4.69, 9.17) is 0 Å². The third kappa shape index (κ3) is 6.46. The Hall–Kier alpha value is -7.30. The second-order valence-corrected chi connectivity index (χ2v) is 18.2. The van der Waals surface area contributed by atoms with Crippen LogP contribution in [0.15, 0.2) is 224 Å². The fourth-order valence-corrected chi connectivity index (χ4v) is 11.8. The summed E-state index contributed by atoms with van der Waals surface area (Å²) in [5.74, 6) is 0. The molecule has 12 aromatic rings. The van der Waals surface area contributed by atoms with Gasteiger partial charge in [0.1, 0.15) is 0 Å². The van der Waals surface area contributed by atoms with E-state index in [-0.39, 0.29) is 0 Å². The number of anilines is 2. The highest BCUT2D eigenvalue weighted by atomic mass is 32.1. The first-order valence-corrected chi connectivity index (χ1v) is 22.8. The van der Waals surface area contributed by atoms with Crippen LogP contribution in [0.5, 0.6) is 0 Å². The van der Waals surface area contributed by atoms with Crippen molar-refractivity contribution in [3.8, 4) is 44.5 Å². The van der Waals surface area contributed by atoms with Crippen LogP contribution in [0.4, 0.5) is 11.4 Å². The molecule has 0 spiro atoms. The van der Waals surface area contributed by atoms with Crippen LogP contribution in [0.2, 0.25) is 0 Å². The van der Waals surface area contributed by atoms with Crippen molar-refractivity contribution in [3.63, 3.8) is 0 Å². The average molecular weight is 826 g/mol. The molecule has 0 radical (unpaired) electrons. The highest BCUT2D eigenvalue weighted by molar-refractivity contribution is 7.26. The van der Waals surface area contributed by atoms with E-state index < -0.39 is 0 Å². The molecule has 0 aliphatic heterocycles. The number of hydrogen-bond donors (Lipinski definition) is 0. The van der Waals surface area contributed by atoms with Crippen LogP contribution in [0.3, 0.4) is 0 Å². The molecule has 0 saturated carbocycles. The molecule has 0 N–H and O–H groups in total. The van der Waals surface area contributed by atoms with Crippen LogP contribution in [0, 0.1) is 0 Å². The van der Waals surface area contributed by atoms with Gasteiger partial charge < -0.3 is 4.90 Å². The summed E-state index contributed by atoms with van der Waals surface area (Å²) in [7, 11) is 0. The summed E-state index contributed by atoms with van der Waals surface area (Å²) in [6.45, 7) is 0.691. The third-order valence-corrected chi connectivity index (χ3v) is 14.8. The van der Waals surface area contributed by atoms with Gasteiger partial charge in [0.2, 0.25) is 0 Å². The van der Waals surface area contributed by atoms with Crippen molar-refractivity contribution in [1.82, 2.24) is 0 Å². The normalized spacial score (nSPS) is 11.6. The SMILES string of the molecule is c1cc(-c2cccc(N(Cc3ccccc3-c3cccc4c3sc3ccccc34)c3cccc(-c4ccc5ccccc5c4)c3)c2)cc(-c2cccc3c2sc2ccccc23)c1. The van der Waals surface area contributed by atoms with E-state index in [0.717, 1.165) is 11.4 Å². The highest BCUT2D eigenvalue weighted by Crippen LogP contribution is 2.44. The Bertz CT molecular complexity index is 3650. The third-order valence-electron chi connectivity index (χ3n) is 12.3. The van der Waals surface area contributed by atoms with Gasteiger partial charge >= 0.3 is 0 Å². The Morgan fingerprint density at radius 3 is 1.50 bits per heavy atom. The number of fused-ring (bicyclic) bond motifs is 7. The van der Waals surface area contributed by atoms with Gasteiger partial charge in [-0.25, -0.2) is 0 Å². The summed E-state index contributed by atoms with van der Waals surface area (Å²) in [4.78, 5) is 2.50. The highest BCUT2D eigenvalue weighted by Gasteiger charge is 2.19. The van der Waals surface area contributed by atoms with Gasteiger partial charge in [-0.3, -0.25) is 0 Å². The van der Waals surface area contributed by atoms with Crippen LogP contribution in [0.1, 0.15) is 5.56 Å².